The average Bonchev–Trinajstić information content (AvgIpc) is 2.32. The lowest BCUT2D eigenvalue weighted by Gasteiger charge is -2.24. The quantitative estimate of drug-likeness (QED) is 0.922. The molecular formula is C13H10BrF2NO. The maximum atomic E-state index is 13.2. The fourth-order valence-electron chi connectivity index (χ4n) is 1.64. The molecule has 0 radical (unpaired) electrons. The number of hydrogen-bond acceptors (Lipinski definition) is 2. The van der Waals surface area contributed by atoms with Crippen molar-refractivity contribution in [2.24, 2.45) is 0 Å². The van der Waals surface area contributed by atoms with Gasteiger partial charge in [0, 0.05) is 22.4 Å². The molecule has 1 aromatic carbocycles. The van der Waals surface area contributed by atoms with Crippen LogP contribution in [-0.4, -0.2) is 10.1 Å². The summed E-state index contributed by atoms with van der Waals surface area (Å²) >= 11 is 3.25. The molecule has 0 amide bonds. The summed E-state index contributed by atoms with van der Waals surface area (Å²) in [6.45, 7) is 1.50. The molecule has 1 atom stereocenters. The van der Waals surface area contributed by atoms with Gasteiger partial charge in [-0.05, 0) is 46.6 Å². The summed E-state index contributed by atoms with van der Waals surface area (Å²) in [4.78, 5) is 3.94. The van der Waals surface area contributed by atoms with Crippen LogP contribution in [0.5, 0.6) is 0 Å². The first-order valence-electron chi connectivity index (χ1n) is 5.20. The number of benzene rings is 1. The first-order valence-corrected chi connectivity index (χ1v) is 5.99. The van der Waals surface area contributed by atoms with Crippen LogP contribution in [-0.2, 0) is 5.60 Å². The van der Waals surface area contributed by atoms with Crippen LogP contribution in [0.25, 0.3) is 0 Å². The van der Waals surface area contributed by atoms with Gasteiger partial charge in [0.1, 0.15) is 5.60 Å². The smallest absolute Gasteiger partial charge is 0.159 e. The highest BCUT2D eigenvalue weighted by atomic mass is 79.9. The summed E-state index contributed by atoms with van der Waals surface area (Å²) in [6.07, 6.45) is 3.05. The van der Waals surface area contributed by atoms with Crippen LogP contribution in [0, 0.1) is 11.6 Å². The number of rotatable bonds is 2. The molecule has 2 rings (SSSR count). The summed E-state index contributed by atoms with van der Waals surface area (Å²) in [5, 5.41) is 10.4. The zero-order valence-electron chi connectivity index (χ0n) is 9.49. The van der Waals surface area contributed by atoms with E-state index in [4.69, 9.17) is 0 Å². The fourth-order valence-corrected chi connectivity index (χ4v) is 2.01. The number of pyridine rings is 1. The molecule has 0 aliphatic carbocycles. The molecule has 0 saturated carbocycles. The molecule has 1 aromatic heterocycles. The molecule has 0 aliphatic rings. The molecular weight excluding hydrogens is 304 g/mol. The first kappa shape index (κ1) is 13.1. The van der Waals surface area contributed by atoms with E-state index in [2.05, 4.69) is 20.9 Å². The monoisotopic (exact) mass is 313 g/mol. The van der Waals surface area contributed by atoms with Crippen LogP contribution in [0.1, 0.15) is 18.1 Å². The summed E-state index contributed by atoms with van der Waals surface area (Å²) in [5.74, 6) is -1.93. The van der Waals surface area contributed by atoms with Gasteiger partial charge in [0.05, 0.1) is 0 Å². The van der Waals surface area contributed by atoms with E-state index in [1.165, 1.54) is 19.2 Å². The van der Waals surface area contributed by atoms with E-state index in [9.17, 15) is 13.9 Å². The van der Waals surface area contributed by atoms with E-state index in [0.29, 0.717) is 10.0 Å². The Kier molecular flexibility index (Phi) is 3.45. The van der Waals surface area contributed by atoms with Crippen molar-refractivity contribution in [1.29, 1.82) is 0 Å². The van der Waals surface area contributed by atoms with E-state index >= 15 is 0 Å². The highest BCUT2D eigenvalue weighted by molar-refractivity contribution is 9.10. The number of aromatic nitrogens is 1. The molecule has 2 nitrogen and oxygen atoms in total. The summed E-state index contributed by atoms with van der Waals surface area (Å²) in [7, 11) is 0. The number of aliphatic hydroxyl groups is 1. The van der Waals surface area contributed by atoms with Gasteiger partial charge in [-0.1, -0.05) is 6.07 Å². The molecule has 0 saturated heterocycles. The van der Waals surface area contributed by atoms with Crippen molar-refractivity contribution in [2.45, 2.75) is 12.5 Å². The minimum atomic E-state index is -1.44. The molecule has 2 aromatic rings. The second kappa shape index (κ2) is 4.74. The molecule has 18 heavy (non-hydrogen) atoms. The maximum Gasteiger partial charge on any atom is 0.159 e. The van der Waals surface area contributed by atoms with Crippen molar-refractivity contribution in [2.75, 3.05) is 0 Å². The minimum absolute atomic E-state index is 0.265. The Bertz CT molecular complexity index is 587. The second-order valence-electron chi connectivity index (χ2n) is 4.09. The highest BCUT2D eigenvalue weighted by Gasteiger charge is 2.27. The normalized spacial score (nSPS) is 14.3. The first-order chi connectivity index (χ1) is 8.41. The lowest BCUT2D eigenvalue weighted by atomic mass is 9.89. The molecule has 1 unspecified atom stereocenters. The van der Waals surface area contributed by atoms with Crippen LogP contribution in [0.2, 0.25) is 0 Å². The van der Waals surface area contributed by atoms with Gasteiger partial charge >= 0.3 is 0 Å². The van der Waals surface area contributed by atoms with E-state index in [-0.39, 0.29) is 5.56 Å². The summed E-state index contributed by atoms with van der Waals surface area (Å²) < 4.78 is 26.8. The highest BCUT2D eigenvalue weighted by Crippen LogP contribution is 2.30. The Morgan fingerprint density at radius 1 is 1.11 bits per heavy atom. The van der Waals surface area contributed by atoms with Crippen LogP contribution in [0.15, 0.2) is 41.1 Å². The van der Waals surface area contributed by atoms with Crippen molar-refractivity contribution in [3.63, 3.8) is 0 Å². The number of nitrogens with zero attached hydrogens (tertiary/aromatic N) is 1. The predicted octanol–water partition coefficient (Wildman–Crippen LogP) is 3.38. The molecule has 1 heterocycles. The molecule has 1 N–H and O–H groups in total. The van der Waals surface area contributed by atoms with Gasteiger partial charge in [0.25, 0.3) is 0 Å². The Morgan fingerprint density at radius 2 is 1.83 bits per heavy atom. The number of halogens is 3. The van der Waals surface area contributed by atoms with E-state index < -0.39 is 17.2 Å². The topological polar surface area (TPSA) is 33.1 Å². The summed E-state index contributed by atoms with van der Waals surface area (Å²) in [6, 6.07) is 4.99. The molecule has 0 spiro atoms. The zero-order valence-corrected chi connectivity index (χ0v) is 11.1. The number of hydrogen-bond donors (Lipinski definition) is 1. The van der Waals surface area contributed by atoms with Crippen molar-refractivity contribution >= 4 is 15.9 Å². The van der Waals surface area contributed by atoms with E-state index in [1.54, 1.807) is 12.3 Å². The van der Waals surface area contributed by atoms with Gasteiger partial charge in [0.15, 0.2) is 11.6 Å². The standard InChI is InChI=1S/C13H10BrF2NO/c1-13(18,9-4-10(14)7-17-6-9)8-2-3-11(15)12(16)5-8/h2-7,18H,1H3. The molecule has 0 aliphatic heterocycles. The van der Waals surface area contributed by atoms with Gasteiger partial charge in [-0.15, -0.1) is 0 Å². The van der Waals surface area contributed by atoms with Crippen molar-refractivity contribution in [3.8, 4) is 0 Å². The maximum absolute atomic E-state index is 13.2. The van der Waals surface area contributed by atoms with Gasteiger partial charge < -0.3 is 5.11 Å². The largest absolute Gasteiger partial charge is 0.381 e. The van der Waals surface area contributed by atoms with Crippen LogP contribution >= 0.6 is 15.9 Å². The van der Waals surface area contributed by atoms with Crippen LogP contribution in [0.4, 0.5) is 8.78 Å². The Balaban J connectivity index is 2.50. The molecule has 0 fully saturated rings. The lowest BCUT2D eigenvalue weighted by Crippen LogP contribution is -2.23. The lowest BCUT2D eigenvalue weighted by molar-refractivity contribution is 0.101. The van der Waals surface area contributed by atoms with Crippen molar-refractivity contribution in [1.82, 2.24) is 4.98 Å². The second-order valence-corrected chi connectivity index (χ2v) is 5.01. The van der Waals surface area contributed by atoms with Crippen LogP contribution < -0.4 is 0 Å². The third kappa shape index (κ3) is 2.42. The Hall–Kier alpha value is -1.33. The van der Waals surface area contributed by atoms with E-state index in [1.807, 2.05) is 0 Å². The Morgan fingerprint density at radius 3 is 2.44 bits per heavy atom. The molecule has 5 heteroatoms. The molecule has 0 bridgehead atoms. The van der Waals surface area contributed by atoms with Gasteiger partial charge in [0.2, 0.25) is 0 Å². The van der Waals surface area contributed by atoms with Crippen molar-refractivity contribution in [3.05, 3.63) is 63.9 Å². The average molecular weight is 314 g/mol. The third-order valence-electron chi connectivity index (χ3n) is 2.75. The van der Waals surface area contributed by atoms with Gasteiger partial charge in [-0.3, -0.25) is 4.98 Å². The third-order valence-corrected chi connectivity index (χ3v) is 3.18. The van der Waals surface area contributed by atoms with E-state index in [0.717, 1.165) is 12.1 Å². The predicted molar refractivity (Wildman–Crippen MR) is 67.0 cm³/mol. The van der Waals surface area contributed by atoms with Crippen LogP contribution in [0.3, 0.4) is 0 Å². The fraction of sp³-hybridized carbons (Fsp3) is 0.154. The zero-order chi connectivity index (χ0) is 13.3. The minimum Gasteiger partial charge on any atom is -0.381 e. The van der Waals surface area contributed by atoms with Gasteiger partial charge in [-0.2, -0.15) is 0 Å². The van der Waals surface area contributed by atoms with Gasteiger partial charge in [-0.25, -0.2) is 8.78 Å². The Labute approximate surface area is 111 Å². The SMILES string of the molecule is CC(O)(c1cncc(Br)c1)c1ccc(F)c(F)c1. The molecule has 94 valence electrons. The van der Waals surface area contributed by atoms with Crippen molar-refractivity contribution < 1.29 is 13.9 Å². The summed E-state index contributed by atoms with van der Waals surface area (Å²) in [5.41, 5.74) is -0.685.